The molecule has 1 unspecified atom stereocenters. The van der Waals surface area contributed by atoms with Crippen LogP contribution in [0.4, 0.5) is 4.39 Å². The molecule has 0 N–H and O–H groups in total. The van der Waals surface area contributed by atoms with E-state index in [9.17, 15) is 12.8 Å². The van der Waals surface area contributed by atoms with Crippen LogP contribution in [0.25, 0.3) is 0 Å². The van der Waals surface area contributed by atoms with Crippen LogP contribution in [-0.4, -0.2) is 51.2 Å². The quantitative estimate of drug-likeness (QED) is 0.0660. The van der Waals surface area contributed by atoms with Crippen LogP contribution < -0.4 is 0 Å². The molecule has 0 aromatic carbocycles. The van der Waals surface area contributed by atoms with Gasteiger partial charge in [-0.15, -0.1) is 0 Å². The largest absolute Gasteiger partial charge is 0.325 e. The summed E-state index contributed by atoms with van der Waals surface area (Å²) >= 11 is 0. The van der Waals surface area contributed by atoms with Crippen LogP contribution in [0.2, 0.25) is 0 Å². The second-order valence-electron chi connectivity index (χ2n) is 10.4. The summed E-state index contributed by atoms with van der Waals surface area (Å²) in [7, 11) is -4.04. The van der Waals surface area contributed by atoms with Crippen molar-refractivity contribution in [1.82, 2.24) is 0 Å². The van der Waals surface area contributed by atoms with Crippen LogP contribution in [-0.2, 0) is 14.3 Å². The standard InChI is InChI=1S/C22H45FO3S.C8H20N/c1-3-5-7-9-11-13-15-17-19-21-26-27(24,25)22(23)20-18-16-14-12-10-8-6-4-2;1-5-9(6-2,7-3)8-4/h22H,3-21H2,1-2H3;5-8H2,1-4H3/q;+1. The third kappa shape index (κ3) is 21.8. The molecule has 0 fully saturated rings. The molecule has 0 bridgehead atoms. The highest BCUT2D eigenvalue weighted by molar-refractivity contribution is 7.87. The Morgan fingerprint density at radius 3 is 1.22 bits per heavy atom. The Morgan fingerprint density at radius 2 is 0.889 bits per heavy atom. The van der Waals surface area contributed by atoms with Gasteiger partial charge in [-0.1, -0.05) is 110 Å². The summed E-state index contributed by atoms with van der Waals surface area (Å²) in [6, 6.07) is 0. The highest BCUT2D eigenvalue weighted by Crippen LogP contribution is 2.17. The van der Waals surface area contributed by atoms with Crippen LogP contribution >= 0.6 is 0 Å². The molecule has 220 valence electrons. The monoisotopic (exact) mass is 538 g/mol. The summed E-state index contributed by atoms with van der Waals surface area (Å²) in [5, 5.41) is 0. The third-order valence-corrected chi connectivity index (χ3v) is 9.13. The van der Waals surface area contributed by atoms with Gasteiger partial charge >= 0.3 is 0 Å². The minimum Gasteiger partial charge on any atom is -0.325 e. The average molecular weight is 539 g/mol. The number of halogens is 1. The maximum atomic E-state index is 13.9. The first-order valence-corrected chi connectivity index (χ1v) is 17.1. The van der Waals surface area contributed by atoms with Gasteiger partial charge in [0.2, 0.25) is 5.50 Å². The van der Waals surface area contributed by atoms with Crippen molar-refractivity contribution in [2.24, 2.45) is 0 Å². The van der Waals surface area contributed by atoms with E-state index in [1.807, 2.05) is 0 Å². The molecule has 1 atom stereocenters. The molecule has 0 aromatic rings. The first kappa shape index (κ1) is 37.9. The molecular formula is C30H65FNO3S+. The zero-order valence-electron chi connectivity index (χ0n) is 25.3. The van der Waals surface area contributed by atoms with Gasteiger partial charge in [-0.2, -0.15) is 8.42 Å². The van der Waals surface area contributed by atoms with Gasteiger partial charge in [0.15, 0.2) is 0 Å². The van der Waals surface area contributed by atoms with E-state index in [0.717, 1.165) is 25.7 Å². The van der Waals surface area contributed by atoms with E-state index in [-0.39, 0.29) is 13.0 Å². The van der Waals surface area contributed by atoms with E-state index < -0.39 is 15.6 Å². The van der Waals surface area contributed by atoms with Crippen molar-refractivity contribution < 1.29 is 21.5 Å². The Morgan fingerprint density at radius 1 is 0.556 bits per heavy atom. The van der Waals surface area contributed by atoms with E-state index in [1.54, 1.807) is 0 Å². The molecule has 0 saturated carbocycles. The summed E-state index contributed by atoms with van der Waals surface area (Å²) in [5.41, 5.74) is -1.86. The van der Waals surface area contributed by atoms with E-state index >= 15 is 0 Å². The van der Waals surface area contributed by atoms with Gasteiger partial charge in [0.25, 0.3) is 10.1 Å². The molecule has 0 heterocycles. The normalized spacial score (nSPS) is 12.9. The number of rotatable bonds is 25. The summed E-state index contributed by atoms with van der Waals surface area (Å²) < 4.78 is 43.7. The molecular weight excluding hydrogens is 473 g/mol. The highest BCUT2D eigenvalue weighted by atomic mass is 32.2. The molecule has 0 aliphatic heterocycles. The number of quaternary nitrogens is 1. The number of unbranched alkanes of at least 4 members (excludes halogenated alkanes) is 15. The Labute approximate surface area is 226 Å². The molecule has 0 saturated heterocycles. The molecule has 0 rings (SSSR count). The lowest BCUT2D eigenvalue weighted by Crippen LogP contribution is -2.47. The first-order chi connectivity index (χ1) is 17.3. The highest BCUT2D eigenvalue weighted by Gasteiger charge is 2.25. The summed E-state index contributed by atoms with van der Waals surface area (Å²) in [6.07, 6.45) is 19.2. The number of nitrogens with zero attached hydrogens (tertiary/aromatic N) is 1. The first-order valence-electron chi connectivity index (χ1n) is 15.7. The van der Waals surface area contributed by atoms with Gasteiger partial charge in [0.05, 0.1) is 32.8 Å². The van der Waals surface area contributed by atoms with Crippen molar-refractivity contribution in [3.05, 3.63) is 0 Å². The lowest BCUT2D eigenvalue weighted by Gasteiger charge is -2.34. The molecule has 0 aliphatic rings. The molecule has 0 amide bonds. The number of hydrogen-bond acceptors (Lipinski definition) is 3. The molecule has 4 nitrogen and oxygen atoms in total. The number of hydrogen-bond donors (Lipinski definition) is 0. The van der Waals surface area contributed by atoms with Crippen molar-refractivity contribution in [1.29, 1.82) is 0 Å². The fraction of sp³-hybridized carbons (Fsp3) is 1.00. The van der Waals surface area contributed by atoms with Gasteiger partial charge in [-0.25, -0.2) is 4.39 Å². The summed E-state index contributed by atoms with van der Waals surface area (Å²) in [4.78, 5) is 0. The Bertz CT molecular complexity index is 521. The zero-order chi connectivity index (χ0) is 27.5. The second-order valence-corrected chi connectivity index (χ2v) is 12.2. The van der Waals surface area contributed by atoms with Crippen LogP contribution in [0.15, 0.2) is 0 Å². The van der Waals surface area contributed by atoms with E-state index in [0.29, 0.717) is 12.8 Å². The van der Waals surface area contributed by atoms with Crippen LogP contribution in [0, 0.1) is 0 Å². The second kappa shape index (κ2) is 26.4. The predicted octanol–water partition coefficient (Wildman–Crippen LogP) is 9.57. The third-order valence-electron chi connectivity index (χ3n) is 7.78. The Kier molecular flexibility index (Phi) is 27.8. The van der Waals surface area contributed by atoms with Crippen LogP contribution in [0.5, 0.6) is 0 Å². The molecule has 0 aliphatic carbocycles. The van der Waals surface area contributed by atoms with Gasteiger partial charge in [-0.3, -0.25) is 4.18 Å². The lowest BCUT2D eigenvalue weighted by atomic mass is 10.1. The van der Waals surface area contributed by atoms with Crippen molar-refractivity contribution in [2.45, 2.75) is 163 Å². The molecule has 6 heteroatoms. The van der Waals surface area contributed by atoms with E-state index in [2.05, 4.69) is 41.5 Å². The van der Waals surface area contributed by atoms with E-state index in [4.69, 9.17) is 4.18 Å². The van der Waals surface area contributed by atoms with Crippen LogP contribution in [0.1, 0.15) is 157 Å². The van der Waals surface area contributed by atoms with Gasteiger partial charge in [-0.05, 0) is 47.0 Å². The SMILES string of the molecule is CCCCCCCCCCCOS(=O)(=O)C(F)CCCCCCCCCC.CC[N+](CC)(CC)CC. The maximum absolute atomic E-state index is 13.9. The molecule has 36 heavy (non-hydrogen) atoms. The smallest absolute Gasteiger partial charge is 0.299 e. The van der Waals surface area contributed by atoms with E-state index in [1.165, 1.54) is 101 Å². The predicted molar refractivity (Wildman–Crippen MR) is 157 cm³/mol. The van der Waals surface area contributed by atoms with Crippen molar-refractivity contribution >= 4 is 10.1 Å². The minimum atomic E-state index is -4.04. The molecule has 0 spiro atoms. The fourth-order valence-corrected chi connectivity index (χ4v) is 5.54. The zero-order valence-corrected chi connectivity index (χ0v) is 26.1. The minimum absolute atomic E-state index is 0.0645. The fourth-order valence-electron chi connectivity index (χ4n) is 4.59. The Hall–Kier alpha value is -0.200. The van der Waals surface area contributed by atoms with Gasteiger partial charge in [0, 0.05) is 0 Å². The van der Waals surface area contributed by atoms with Crippen molar-refractivity contribution in [3.63, 3.8) is 0 Å². The van der Waals surface area contributed by atoms with Crippen LogP contribution in [0.3, 0.4) is 0 Å². The number of alkyl halides is 1. The topological polar surface area (TPSA) is 43.4 Å². The average Bonchev–Trinajstić information content (AvgIpc) is 2.88. The lowest BCUT2D eigenvalue weighted by molar-refractivity contribution is -0.921. The Balaban J connectivity index is 0. The summed E-state index contributed by atoms with van der Waals surface area (Å²) in [6.45, 7) is 18.8. The van der Waals surface area contributed by atoms with Crippen molar-refractivity contribution in [2.75, 3.05) is 32.8 Å². The van der Waals surface area contributed by atoms with Crippen molar-refractivity contribution in [3.8, 4) is 0 Å². The van der Waals surface area contributed by atoms with Gasteiger partial charge < -0.3 is 4.48 Å². The maximum Gasteiger partial charge on any atom is 0.299 e. The van der Waals surface area contributed by atoms with Gasteiger partial charge in [0.1, 0.15) is 0 Å². The summed E-state index contributed by atoms with van der Waals surface area (Å²) in [5.74, 6) is 0. The molecule has 0 radical (unpaired) electrons. The molecule has 0 aromatic heterocycles.